The number of halogens is 3. The molecule has 5 rings (SSSR count). The lowest BCUT2D eigenvalue weighted by Crippen LogP contribution is -2.36. The van der Waals surface area contributed by atoms with Crippen LogP contribution < -0.4 is 10.5 Å². The van der Waals surface area contributed by atoms with Gasteiger partial charge in [0.25, 0.3) is 5.56 Å². The fourth-order valence-corrected chi connectivity index (χ4v) is 6.21. The van der Waals surface area contributed by atoms with Gasteiger partial charge in [0.1, 0.15) is 5.82 Å². The molecule has 0 saturated carbocycles. The van der Waals surface area contributed by atoms with Crippen molar-refractivity contribution in [2.45, 2.75) is 13.0 Å². The molecular formula is C24H21FI2N4O2S. The lowest BCUT2D eigenvalue weighted by molar-refractivity contribution is 0.122. The number of benzene rings is 1. The first-order chi connectivity index (χ1) is 16.4. The largest absolute Gasteiger partial charge is 0.378 e. The molecule has 4 aromatic rings. The standard InChI is InChI=1S/C24H21FI2N4O2S/c1-15(17-8-18(25)11-19(26)9-17)30-3-2-16(10-23(30)32)22-14-31(34-27)24-21(22)12-20(13-28-24)29-4-6-33-7-5-29/h2-3,8-15H,4-7H2,1H3. The zero-order chi connectivity index (χ0) is 23.8. The molecule has 10 heteroatoms. The Morgan fingerprint density at radius 2 is 1.97 bits per heavy atom. The summed E-state index contributed by atoms with van der Waals surface area (Å²) in [5.74, 6) is -0.300. The Bertz CT molecular complexity index is 1400. The zero-order valence-corrected chi connectivity index (χ0v) is 23.4. The molecule has 0 N–H and O–H groups in total. The van der Waals surface area contributed by atoms with Gasteiger partial charge in [0.2, 0.25) is 0 Å². The summed E-state index contributed by atoms with van der Waals surface area (Å²) in [6.07, 6.45) is 5.72. The van der Waals surface area contributed by atoms with E-state index in [0.717, 1.165) is 50.1 Å². The molecular weight excluding hydrogens is 681 g/mol. The third-order valence-electron chi connectivity index (χ3n) is 6.09. The molecule has 0 radical (unpaired) electrons. The summed E-state index contributed by atoms with van der Waals surface area (Å²) in [7, 11) is 1.54. The summed E-state index contributed by atoms with van der Waals surface area (Å²) in [5, 5.41) is 0.998. The summed E-state index contributed by atoms with van der Waals surface area (Å²) >= 11 is 4.32. The van der Waals surface area contributed by atoms with Gasteiger partial charge < -0.3 is 14.2 Å². The van der Waals surface area contributed by atoms with Crippen molar-refractivity contribution in [1.82, 2.24) is 13.5 Å². The van der Waals surface area contributed by atoms with E-state index in [9.17, 15) is 9.18 Å². The van der Waals surface area contributed by atoms with Gasteiger partial charge in [0, 0.05) is 76.4 Å². The molecule has 34 heavy (non-hydrogen) atoms. The number of pyridine rings is 2. The van der Waals surface area contributed by atoms with Crippen LogP contribution in [0.2, 0.25) is 0 Å². The van der Waals surface area contributed by atoms with Crippen LogP contribution in [0.5, 0.6) is 0 Å². The van der Waals surface area contributed by atoms with Crippen LogP contribution in [0.25, 0.3) is 22.2 Å². The maximum atomic E-state index is 13.9. The van der Waals surface area contributed by atoms with Crippen LogP contribution in [0, 0.1) is 9.39 Å². The molecule has 1 unspecified atom stereocenters. The van der Waals surface area contributed by atoms with E-state index in [2.05, 4.69) is 54.8 Å². The third kappa shape index (κ3) is 4.73. The minimum atomic E-state index is -0.300. The Morgan fingerprint density at radius 1 is 1.18 bits per heavy atom. The average Bonchev–Trinajstić information content (AvgIpc) is 3.21. The number of morpholine rings is 1. The first kappa shape index (κ1) is 24.1. The molecule has 1 aliphatic heterocycles. The van der Waals surface area contributed by atoms with E-state index in [4.69, 9.17) is 9.72 Å². The highest BCUT2D eigenvalue weighted by Crippen LogP contribution is 2.35. The minimum Gasteiger partial charge on any atom is -0.378 e. The van der Waals surface area contributed by atoms with E-state index in [1.165, 1.54) is 21.3 Å². The highest BCUT2D eigenvalue weighted by Gasteiger charge is 2.18. The summed E-state index contributed by atoms with van der Waals surface area (Å²) in [4.78, 5) is 20.1. The molecule has 1 fully saturated rings. The van der Waals surface area contributed by atoms with Crippen LogP contribution in [0.15, 0.2) is 59.8 Å². The van der Waals surface area contributed by atoms with Crippen LogP contribution in [0.4, 0.5) is 10.1 Å². The van der Waals surface area contributed by atoms with Crippen molar-refractivity contribution >= 4 is 69.6 Å². The van der Waals surface area contributed by atoms with Crippen LogP contribution in [-0.4, -0.2) is 39.8 Å². The Balaban J connectivity index is 1.55. The maximum absolute atomic E-state index is 13.9. The summed E-state index contributed by atoms with van der Waals surface area (Å²) in [5.41, 5.74) is 4.33. The number of rotatable bonds is 5. The van der Waals surface area contributed by atoms with Crippen LogP contribution in [-0.2, 0) is 4.74 Å². The van der Waals surface area contributed by atoms with Crippen molar-refractivity contribution in [2.24, 2.45) is 0 Å². The molecule has 6 nitrogen and oxygen atoms in total. The van der Waals surface area contributed by atoms with Gasteiger partial charge in [-0.2, -0.15) is 0 Å². The number of hydrogen-bond acceptors (Lipinski definition) is 5. The highest BCUT2D eigenvalue weighted by molar-refractivity contribution is 14.2. The van der Waals surface area contributed by atoms with Crippen molar-refractivity contribution in [3.8, 4) is 11.1 Å². The first-order valence-electron chi connectivity index (χ1n) is 10.8. The van der Waals surface area contributed by atoms with Gasteiger partial charge in [-0.1, -0.05) is 0 Å². The monoisotopic (exact) mass is 702 g/mol. The van der Waals surface area contributed by atoms with E-state index in [0.29, 0.717) is 13.2 Å². The van der Waals surface area contributed by atoms with E-state index in [1.807, 2.05) is 35.4 Å². The Kier molecular flexibility index (Phi) is 7.19. The molecule has 0 spiro atoms. The predicted octanol–water partition coefficient (Wildman–Crippen LogP) is 5.90. The minimum absolute atomic E-state index is 0.135. The zero-order valence-electron chi connectivity index (χ0n) is 18.2. The number of ether oxygens (including phenoxy) is 1. The van der Waals surface area contributed by atoms with Gasteiger partial charge >= 0.3 is 0 Å². The topological polar surface area (TPSA) is 52.3 Å². The number of hydrogen-bond donors (Lipinski definition) is 0. The second-order valence-corrected chi connectivity index (χ2v) is 11.1. The van der Waals surface area contributed by atoms with Gasteiger partial charge in [-0.25, -0.2) is 9.37 Å². The van der Waals surface area contributed by atoms with Gasteiger partial charge in [-0.05, 0) is 71.0 Å². The van der Waals surface area contributed by atoms with E-state index >= 15 is 0 Å². The third-order valence-corrected chi connectivity index (χ3v) is 8.41. The number of aromatic nitrogens is 3. The summed E-state index contributed by atoms with van der Waals surface area (Å²) in [6, 6.07) is 10.3. The van der Waals surface area contributed by atoms with Gasteiger partial charge in [-0.3, -0.25) is 8.77 Å². The number of fused-ring (bicyclic) bond motifs is 1. The molecule has 1 aromatic carbocycles. The molecule has 0 amide bonds. The first-order valence-corrected chi connectivity index (χ1v) is 15.2. The maximum Gasteiger partial charge on any atom is 0.251 e. The molecule has 1 saturated heterocycles. The number of anilines is 1. The second kappa shape index (κ2) is 10.2. The smallest absolute Gasteiger partial charge is 0.251 e. The molecule has 1 aliphatic rings. The number of nitrogens with zero attached hydrogens (tertiary/aromatic N) is 4. The molecule has 0 aliphatic carbocycles. The highest BCUT2D eigenvalue weighted by atomic mass is 127. The van der Waals surface area contributed by atoms with Crippen LogP contribution in [0.1, 0.15) is 18.5 Å². The van der Waals surface area contributed by atoms with Crippen LogP contribution >= 0.6 is 52.9 Å². The predicted molar refractivity (Wildman–Crippen MR) is 152 cm³/mol. The average molecular weight is 702 g/mol. The van der Waals surface area contributed by atoms with Gasteiger partial charge in [0.05, 0.1) is 31.1 Å². The normalized spacial score (nSPS) is 15.1. The van der Waals surface area contributed by atoms with Crippen molar-refractivity contribution in [1.29, 1.82) is 0 Å². The van der Waals surface area contributed by atoms with E-state index < -0.39 is 0 Å². The van der Waals surface area contributed by atoms with E-state index in [1.54, 1.807) is 16.8 Å². The van der Waals surface area contributed by atoms with Crippen molar-refractivity contribution in [3.05, 3.63) is 80.3 Å². The Hall–Kier alpha value is -1.64. The summed E-state index contributed by atoms with van der Waals surface area (Å²) < 4.78 is 23.9. The molecule has 1 atom stereocenters. The fraction of sp³-hybridized carbons (Fsp3) is 0.250. The van der Waals surface area contributed by atoms with Crippen LogP contribution in [0.3, 0.4) is 0 Å². The second-order valence-electron chi connectivity index (χ2n) is 8.14. The molecule has 0 bridgehead atoms. The lowest BCUT2D eigenvalue weighted by atomic mass is 10.1. The Morgan fingerprint density at radius 3 is 2.68 bits per heavy atom. The quantitative estimate of drug-likeness (QED) is 0.243. The van der Waals surface area contributed by atoms with Gasteiger partial charge in [0.15, 0.2) is 5.65 Å². The van der Waals surface area contributed by atoms with Gasteiger partial charge in [-0.15, -0.1) is 0 Å². The van der Waals surface area contributed by atoms with Crippen molar-refractivity contribution in [2.75, 3.05) is 31.2 Å². The van der Waals surface area contributed by atoms with Crippen molar-refractivity contribution in [3.63, 3.8) is 0 Å². The van der Waals surface area contributed by atoms with E-state index in [-0.39, 0.29) is 17.4 Å². The fourth-order valence-electron chi connectivity index (χ4n) is 4.30. The van der Waals surface area contributed by atoms with Crippen molar-refractivity contribution < 1.29 is 9.13 Å². The summed E-state index contributed by atoms with van der Waals surface area (Å²) in [6.45, 7) is 4.98. The lowest BCUT2D eigenvalue weighted by Gasteiger charge is -2.28. The molecule has 3 aromatic heterocycles. The Labute approximate surface area is 226 Å². The molecule has 4 heterocycles. The molecule has 176 valence electrons. The SMILES string of the molecule is CC(c1cc(F)cc(I)c1)n1ccc(-c2cn(SI)c3ncc(N4CCOCC4)cc23)cc1=O.